The van der Waals surface area contributed by atoms with Gasteiger partial charge in [0, 0.05) is 34.7 Å². The van der Waals surface area contributed by atoms with Crippen molar-refractivity contribution >= 4 is 32.8 Å². The van der Waals surface area contributed by atoms with E-state index in [1.807, 2.05) is 48.7 Å². The quantitative estimate of drug-likeness (QED) is 0.454. The Morgan fingerprint density at radius 3 is 2.74 bits per heavy atom. The zero-order chi connectivity index (χ0) is 15.2. The molecule has 4 aromatic heterocycles. The van der Waals surface area contributed by atoms with Crippen molar-refractivity contribution in [2.24, 2.45) is 0 Å². The van der Waals surface area contributed by atoms with E-state index in [-0.39, 0.29) is 0 Å². The molecule has 5 aromatic rings. The number of rotatable bonds is 1. The minimum Gasteiger partial charge on any atom is -0.454 e. The smallest absolute Gasteiger partial charge is 0.163 e. The number of hydrogen-bond donors (Lipinski definition) is 0. The maximum atomic E-state index is 6.03. The molecule has 4 nitrogen and oxygen atoms in total. The molecule has 0 spiro atoms. The van der Waals surface area contributed by atoms with Crippen LogP contribution in [0.4, 0.5) is 0 Å². The van der Waals surface area contributed by atoms with Gasteiger partial charge < -0.3 is 4.42 Å². The number of benzene rings is 1. The third kappa shape index (κ3) is 1.82. The number of furan rings is 1. The van der Waals surface area contributed by atoms with Crippen molar-refractivity contribution in [3.63, 3.8) is 0 Å². The summed E-state index contributed by atoms with van der Waals surface area (Å²) in [5.74, 6) is 0. The van der Waals surface area contributed by atoms with Crippen molar-refractivity contribution in [3.8, 4) is 11.4 Å². The Morgan fingerprint density at radius 1 is 0.783 bits per heavy atom. The molecule has 0 atom stereocenters. The molecule has 108 valence electrons. The highest BCUT2D eigenvalue weighted by atomic mass is 16.3. The number of nitrogens with zero attached hydrogens (tertiary/aromatic N) is 3. The Kier molecular flexibility index (Phi) is 2.46. The van der Waals surface area contributed by atoms with Gasteiger partial charge in [0.1, 0.15) is 11.3 Å². The number of pyridine rings is 3. The van der Waals surface area contributed by atoms with Gasteiger partial charge in [0.25, 0.3) is 0 Å². The molecule has 0 fully saturated rings. The largest absolute Gasteiger partial charge is 0.454 e. The van der Waals surface area contributed by atoms with Crippen LogP contribution in [0.3, 0.4) is 0 Å². The van der Waals surface area contributed by atoms with Crippen LogP contribution in [0.1, 0.15) is 0 Å². The summed E-state index contributed by atoms with van der Waals surface area (Å²) in [7, 11) is 0. The van der Waals surface area contributed by atoms with Crippen LogP contribution in [0.5, 0.6) is 0 Å². The lowest BCUT2D eigenvalue weighted by atomic mass is 10.1. The summed E-state index contributed by atoms with van der Waals surface area (Å²) in [5, 5.41) is 3.15. The van der Waals surface area contributed by atoms with Crippen LogP contribution in [0.2, 0.25) is 0 Å². The molecule has 0 saturated carbocycles. The maximum Gasteiger partial charge on any atom is 0.163 e. The second kappa shape index (κ2) is 4.61. The van der Waals surface area contributed by atoms with Crippen molar-refractivity contribution in [3.05, 3.63) is 67.1 Å². The molecular weight excluding hydrogens is 286 g/mol. The fourth-order valence-corrected chi connectivity index (χ4v) is 2.93. The zero-order valence-corrected chi connectivity index (χ0v) is 12.1. The Balaban J connectivity index is 1.84. The highest BCUT2D eigenvalue weighted by Gasteiger charge is 2.14. The van der Waals surface area contributed by atoms with E-state index >= 15 is 0 Å². The molecule has 1 aromatic carbocycles. The highest BCUT2D eigenvalue weighted by Crippen LogP contribution is 2.33. The second-order valence-electron chi connectivity index (χ2n) is 5.40. The van der Waals surface area contributed by atoms with Gasteiger partial charge >= 0.3 is 0 Å². The first kappa shape index (κ1) is 12.3. The van der Waals surface area contributed by atoms with E-state index in [4.69, 9.17) is 4.42 Å². The molecule has 5 rings (SSSR count). The predicted octanol–water partition coefficient (Wildman–Crippen LogP) is 4.59. The SMILES string of the molecule is c1cnc2cc(-c3nccc4c3oc3ccccc34)ncc2c1. The summed E-state index contributed by atoms with van der Waals surface area (Å²) in [6.07, 6.45) is 5.39. The molecule has 0 unspecified atom stereocenters. The van der Waals surface area contributed by atoms with Crippen LogP contribution in [0.15, 0.2) is 71.5 Å². The van der Waals surface area contributed by atoms with E-state index in [1.54, 1.807) is 12.4 Å². The average molecular weight is 297 g/mol. The van der Waals surface area contributed by atoms with Crippen molar-refractivity contribution in [2.45, 2.75) is 0 Å². The van der Waals surface area contributed by atoms with Crippen LogP contribution < -0.4 is 0 Å². The summed E-state index contributed by atoms with van der Waals surface area (Å²) in [4.78, 5) is 13.4. The topological polar surface area (TPSA) is 51.8 Å². The summed E-state index contributed by atoms with van der Waals surface area (Å²) in [5.41, 5.74) is 4.02. The molecule has 0 saturated heterocycles. The fraction of sp³-hybridized carbons (Fsp3) is 0. The monoisotopic (exact) mass is 297 g/mol. The summed E-state index contributed by atoms with van der Waals surface area (Å²) >= 11 is 0. The molecule has 4 heterocycles. The van der Waals surface area contributed by atoms with Crippen molar-refractivity contribution < 1.29 is 4.42 Å². The fourth-order valence-electron chi connectivity index (χ4n) is 2.93. The Hall–Kier alpha value is -3.27. The van der Waals surface area contributed by atoms with Gasteiger partial charge in [-0.15, -0.1) is 0 Å². The Morgan fingerprint density at radius 2 is 1.74 bits per heavy atom. The van der Waals surface area contributed by atoms with E-state index in [1.165, 1.54) is 0 Å². The third-order valence-corrected chi connectivity index (χ3v) is 4.02. The highest BCUT2D eigenvalue weighted by molar-refractivity contribution is 6.08. The summed E-state index contributed by atoms with van der Waals surface area (Å²) in [6, 6.07) is 15.8. The molecule has 0 aliphatic rings. The zero-order valence-electron chi connectivity index (χ0n) is 12.1. The standard InChI is InChI=1S/C19H11N3O/c1-2-6-17-13(5-1)14-7-9-21-18(19(14)23-17)16-10-15-12(11-22-16)4-3-8-20-15/h1-11H. The van der Waals surface area contributed by atoms with Crippen LogP contribution in [0, 0.1) is 0 Å². The van der Waals surface area contributed by atoms with Gasteiger partial charge in [-0.05, 0) is 30.3 Å². The van der Waals surface area contributed by atoms with E-state index in [2.05, 4.69) is 21.0 Å². The normalized spacial score (nSPS) is 11.5. The van der Waals surface area contributed by atoms with Crippen LogP contribution in [-0.2, 0) is 0 Å². The molecule has 0 N–H and O–H groups in total. The molecule has 0 bridgehead atoms. The first-order valence-electron chi connectivity index (χ1n) is 7.37. The van der Waals surface area contributed by atoms with Gasteiger partial charge in [-0.2, -0.15) is 0 Å². The van der Waals surface area contributed by atoms with E-state index in [0.29, 0.717) is 0 Å². The van der Waals surface area contributed by atoms with Crippen LogP contribution >= 0.6 is 0 Å². The Bertz CT molecular complexity index is 1180. The number of fused-ring (bicyclic) bond motifs is 4. The number of para-hydroxylation sites is 1. The minimum absolute atomic E-state index is 0.742. The van der Waals surface area contributed by atoms with Gasteiger partial charge in [0.05, 0.1) is 11.2 Å². The van der Waals surface area contributed by atoms with Crippen molar-refractivity contribution in [1.82, 2.24) is 15.0 Å². The van der Waals surface area contributed by atoms with E-state index < -0.39 is 0 Å². The number of aromatic nitrogens is 3. The molecule has 4 heteroatoms. The van der Waals surface area contributed by atoms with Gasteiger partial charge in [0.2, 0.25) is 0 Å². The summed E-state index contributed by atoms with van der Waals surface area (Å²) in [6.45, 7) is 0. The first-order valence-corrected chi connectivity index (χ1v) is 7.37. The van der Waals surface area contributed by atoms with Gasteiger partial charge in [-0.1, -0.05) is 18.2 Å². The Labute approximate surface area is 131 Å². The van der Waals surface area contributed by atoms with Crippen molar-refractivity contribution in [1.29, 1.82) is 0 Å². The second-order valence-corrected chi connectivity index (χ2v) is 5.40. The lowest BCUT2D eigenvalue weighted by Gasteiger charge is -2.02. The average Bonchev–Trinajstić information content (AvgIpc) is 3.00. The van der Waals surface area contributed by atoms with E-state index in [0.717, 1.165) is 44.2 Å². The van der Waals surface area contributed by atoms with Gasteiger partial charge in [-0.25, -0.2) is 0 Å². The molecule has 0 amide bonds. The third-order valence-electron chi connectivity index (χ3n) is 4.02. The summed E-state index contributed by atoms with van der Waals surface area (Å²) < 4.78 is 6.03. The maximum absolute atomic E-state index is 6.03. The van der Waals surface area contributed by atoms with Gasteiger partial charge in [-0.3, -0.25) is 15.0 Å². The predicted molar refractivity (Wildman–Crippen MR) is 90.0 cm³/mol. The minimum atomic E-state index is 0.742. The van der Waals surface area contributed by atoms with E-state index in [9.17, 15) is 0 Å². The molecule has 0 aliphatic carbocycles. The van der Waals surface area contributed by atoms with Crippen LogP contribution in [0.25, 0.3) is 44.2 Å². The molecule has 0 radical (unpaired) electrons. The van der Waals surface area contributed by atoms with Gasteiger partial charge in [0.15, 0.2) is 5.58 Å². The molecular formula is C19H11N3O. The van der Waals surface area contributed by atoms with Crippen LogP contribution in [-0.4, -0.2) is 15.0 Å². The molecule has 0 aliphatic heterocycles. The number of hydrogen-bond acceptors (Lipinski definition) is 4. The first-order chi connectivity index (χ1) is 11.4. The molecule has 23 heavy (non-hydrogen) atoms. The van der Waals surface area contributed by atoms with Crippen molar-refractivity contribution in [2.75, 3.05) is 0 Å². The lowest BCUT2D eigenvalue weighted by molar-refractivity contribution is 0.668. The lowest BCUT2D eigenvalue weighted by Crippen LogP contribution is -1.89.